The molecule has 0 aliphatic heterocycles. The van der Waals surface area contributed by atoms with Crippen LogP contribution in [-0.4, -0.2) is 35.3 Å². The van der Waals surface area contributed by atoms with E-state index < -0.39 is 0 Å². The van der Waals surface area contributed by atoms with E-state index in [9.17, 15) is 9.59 Å². The smallest absolute Gasteiger partial charge is 0.251 e. The average molecular weight is 353 g/mol. The van der Waals surface area contributed by atoms with Gasteiger partial charge in [0.15, 0.2) is 0 Å². The van der Waals surface area contributed by atoms with Crippen LogP contribution in [0.1, 0.15) is 20.9 Å². The quantitative estimate of drug-likeness (QED) is 0.767. The van der Waals surface area contributed by atoms with Gasteiger partial charge in [0.05, 0.1) is 23.3 Å². The molecule has 128 valence electrons. The van der Waals surface area contributed by atoms with E-state index in [4.69, 9.17) is 0 Å². The van der Waals surface area contributed by atoms with Gasteiger partial charge >= 0.3 is 0 Å². The lowest BCUT2D eigenvalue weighted by molar-refractivity contribution is -0.129. The molecule has 0 saturated carbocycles. The van der Waals surface area contributed by atoms with Crippen molar-refractivity contribution in [3.8, 4) is 0 Å². The second-order valence-corrected chi connectivity index (χ2v) is 6.99. The summed E-state index contributed by atoms with van der Waals surface area (Å²) in [5, 5.41) is 3.55. The normalized spacial score (nSPS) is 10.6. The molecule has 0 aliphatic rings. The number of nitrogens with zero attached hydrogens (tertiary/aromatic N) is 2. The van der Waals surface area contributed by atoms with E-state index in [-0.39, 0.29) is 18.4 Å². The Morgan fingerprint density at radius 1 is 1.16 bits per heavy atom. The van der Waals surface area contributed by atoms with Crippen LogP contribution < -0.4 is 5.32 Å². The summed E-state index contributed by atoms with van der Waals surface area (Å²) < 4.78 is 1.10. The van der Waals surface area contributed by atoms with Crippen LogP contribution in [-0.2, 0) is 11.3 Å². The van der Waals surface area contributed by atoms with Gasteiger partial charge in [0, 0.05) is 12.6 Å². The SMILES string of the molecule is Cc1cccc(C(=O)NCC(=O)N(C)Cc2nc3ccccc3s2)c1. The lowest BCUT2D eigenvalue weighted by Crippen LogP contribution is -2.37. The largest absolute Gasteiger partial charge is 0.343 e. The van der Waals surface area contributed by atoms with Gasteiger partial charge in [0.1, 0.15) is 5.01 Å². The molecule has 2 amide bonds. The van der Waals surface area contributed by atoms with Crippen molar-refractivity contribution in [2.75, 3.05) is 13.6 Å². The first-order chi connectivity index (χ1) is 12.0. The minimum atomic E-state index is -0.245. The van der Waals surface area contributed by atoms with Gasteiger partial charge in [-0.25, -0.2) is 4.98 Å². The summed E-state index contributed by atoms with van der Waals surface area (Å²) in [6.07, 6.45) is 0. The van der Waals surface area contributed by atoms with Crippen LogP contribution in [0.4, 0.5) is 0 Å². The van der Waals surface area contributed by atoms with Gasteiger partial charge in [-0.05, 0) is 31.2 Å². The first kappa shape index (κ1) is 17.1. The molecule has 6 heteroatoms. The highest BCUT2D eigenvalue weighted by atomic mass is 32.1. The second kappa shape index (κ2) is 7.44. The van der Waals surface area contributed by atoms with Crippen molar-refractivity contribution in [1.29, 1.82) is 0 Å². The third-order valence-corrected chi connectivity index (χ3v) is 4.84. The van der Waals surface area contributed by atoms with Crippen molar-refractivity contribution in [3.05, 3.63) is 64.7 Å². The molecular weight excluding hydrogens is 334 g/mol. The lowest BCUT2D eigenvalue weighted by atomic mass is 10.1. The third kappa shape index (κ3) is 4.22. The van der Waals surface area contributed by atoms with Crippen LogP contribution in [0.3, 0.4) is 0 Å². The van der Waals surface area contributed by atoms with E-state index in [1.165, 1.54) is 0 Å². The minimum Gasteiger partial charge on any atom is -0.343 e. The number of aromatic nitrogens is 1. The number of benzene rings is 2. The van der Waals surface area contributed by atoms with Crippen LogP contribution in [0.15, 0.2) is 48.5 Å². The van der Waals surface area contributed by atoms with Gasteiger partial charge in [-0.2, -0.15) is 0 Å². The molecule has 2 aromatic carbocycles. The first-order valence-electron chi connectivity index (χ1n) is 7.96. The number of hydrogen-bond acceptors (Lipinski definition) is 4. The number of nitrogens with one attached hydrogen (secondary N) is 1. The minimum absolute atomic E-state index is 0.0336. The van der Waals surface area contributed by atoms with E-state index in [0.717, 1.165) is 20.8 Å². The molecular formula is C19H19N3O2S. The number of aryl methyl sites for hydroxylation is 1. The summed E-state index contributed by atoms with van der Waals surface area (Å²) in [5.74, 6) is -0.398. The Morgan fingerprint density at radius 2 is 1.96 bits per heavy atom. The highest BCUT2D eigenvalue weighted by Gasteiger charge is 2.14. The number of fused-ring (bicyclic) bond motifs is 1. The summed E-state index contributed by atoms with van der Waals surface area (Å²) in [7, 11) is 1.72. The third-order valence-electron chi connectivity index (χ3n) is 3.82. The Bertz CT molecular complexity index is 887. The van der Waals surface area contributed by atoms with Gasteiger partial charge < -0.3 is 10.2 Å². The monoisotopic (exact) mass is 353 g/mol. The summed E-state index contributed by atoms with van der Waals surface area (Å²) >= 11 is 1.57. The number of para-hydroxylation sites is 1. The fourth-order valence-electron chi connectivity index (χ4n) is 2.46. The van der Waals surface area contributed by atoms with Crippen LogP contribution >= 0.6 is 11.3 Å². The zero-order chi connectivity index (χ0) is 17.8. The van der Waals surface area contributed by atoms with Crippen LogP contribution in [0, 0.1) is 6.92 Å². The van der Waals surface area contributed by atoms with E-state index >= 15 is 0 Å². The highest BCUT2D eigenvalue weighted by Crippen LogP contribution is 2.22. The molecule has 0 bridgehead atoms. The Labute approximate surface area is 150 Å². The molecule has 0 aliphatic carbocycles. The van der Waals surface area contributed by atoms with E-state index in [2.05, 4.69) is 10.3 Å². The highest BCUT2D eigenvalue weighted by molar-refractivity contribution is 7.18. The first-order valence-corrected chi connectivity index (χ1v) is 8.78. The lowest BCUT2D eigenvalue weighted by Gasteiger charge is -2.16. The number of carbonyl (C=O) groups excluding carboxylic acids is 2. The van der Waals surface area contributed by atoms with Crippen molar-refractivity contribution >= 4 is 33.4 Å². The topological polar surface area (TPSA) is 62.3 Å². The molecule has 3 aromatic rings. The van der Waals surface area contributed by atoms with Crippen molar-refractivity contribution < 1.29 is 9.59 Å². The number of thiazole rings is 1. The molecule has 0 spiro atoms. The average Bonchev–Trinajstić information content (AvgIpc) is 3.01. The fraction of sp³-hybridized carbons (Fsp3) is 0.211. The van der Waals surface area contributed by atoms with Gasteiger partial charge in [0.2, 0.25) is 5.91 Å². The Hall–Kier alpha value is -2.73. The predicted molar refractivity (Wildman–Crippen MR) is 99.6 cm³/mol. The molecule has 3 rings (SSSR count). The zero-order valence-corrected chi connectivity index (χ0v) is 15.0. The molecule has 1 aromatic heterocycles. The summed E-state index contributed by atoms with van der Waals surface area (Å²) in [6.45, 7) is 2.32. The van der Waals surface area contributed by atoms with Gasteiger partial charge in [0.25, 0.3) is 5.91 Å². The maximum Gasteiger partial charge on any atom is 0.251 e. The molecule has 5 nitrogen and oxygen atoms in total. The van der Waals surface area contributed by atoms with Gasteiger partial charge in [-0.1, -0.05) is 29.8 Å². The predicted octanol–water partition coefficient (Wildman–Crippen LogP) is 2.99. The Balaban J connectivity index is 1.56. The molecule has 0 radical (unpaired) electrons. The van der Waals surface area contributed by atoms with E-state index in [1.54, 1.807) is 35.4 Å². The van der Waals surface area contributed by atoms with Crippen LogP contribution in [0.25, 0.3) is 10.2 Å². The molecule has 0 saturated heterocycles. The standard InChI is InChI=1S/C19H19N3O2S/c1-13-6-5-7-14(10-13)19(24)20-11-18(23)22(2)12-17-21-15-8-3-4-9-16(15)25-17/h3-10H,11-12H2,1-2H3,(H,20,24). The molecule has 0 fully saturated rings. The Kier molecular flexibility index (Phi) is 5.09. The number of hydrogen-bond donors (Lipinski definition) is 1. The van der Waals surface area contributed by atoms with E-state index in [0.29, 0.717) is 12.1 Å². The number of carbonyl (C=O) groups is 2. The second-order valence-electron chi connectivity index (χ2n) is 5.88. The summed E-state index contributed by atoms with van der Waals surface area (Å²) in [4.78, 5) is 30.5. The maximum absolute atomic E-state index is 12.3. The number of likely N-dealkylation sites (N-methyl/N-ethyl adjacent to an activating group) is 1. The Morgan fingerprint density at radius 3 is 2.72 bits per heavy atom. The maximum atomic E-state index is 12.3. The molecule has 25 heavy (non-hydrogen) atoms. The number of rotatable bonds is 5. The summed E-state index contributed by atoms with van der Waals surface area (Å²) in [5.41, 5.74) is 2.50. The van der Waals surface area contributed by atoms with Crippen molar-refractivity contribution in [1.82, 2.24) is 15.2 Å². The fourth-order valence-corrected chi connectivity index (χ4v) is 3.48. The molecule has 1 heterocycles. The van der Waals surface area contributed by atoms with Crippen molar-refractivity contribution in [2.24, 2.45) is 0 Å². The van der Waals surface area contributed by atoms with Crippen LogP contribution in [0.5, 0.6) is 0 Å². The summed E-state index contributed by atoms with van der Waals surface area (Å²) in [6, 6.07) is 15.2. The van der Waals surface area contributed by atoms with E-state index in [1.807, 2.05) is 43.3 Å². The number of amides is 2. The molecule has 0 unspecified atom stereocenters. The van der Waals surface area contributed by atoms with Crippen LogP contribution in [0.2, 0.25) is 0 Å². The molecule has 0 atom stereocenters. The zero-order valence-electron chi connectivity index (χ0n) is 14.2. The molecule has 1 N–H and O–H groups in total. The van der Waals surface area contributed by atoms with Crippen molar-refractivity contribution in [3.63, 3.8) is 0 Å². The van der Waals surface area contributed by atoms with Gasteiger partial charge in [-0.15, -0.1) is 11.3 Å². The van der Waals surface area contributed by atoms with Gasteiger partial charge in [-0.3, -0.25) is 9.59 Å². The van der Waals surface area contributed by atoms with Crippen molar-refractivity contribution in [2.45, 2.75) is 13.5 Å².